The number of halogens is 1. The Morgan fingerprint density at radius 3 is 2.35 bits per heavy atom. The molecular weight excluding hydrogens is 398 g/mol. The number of anilines is 1. The van der Waals surface area contributed by atoms with Crippen LogP contribution in [0, 0.1) is 13.8 Å². The first-order valence-corrected chi connectivity index (χ1v) is 8.96. The van der Waals surface area contributed by atoms with Crippen LogP contribution < -0.4 is 5.32 Å². The summed E-state index contributed by atoms with van der Waals surface area (Å²) in [5.74, 6) is -1.13. The summed E-state index contributed by atoms with van der Waals surface area (Å²) in [5.41, 5.74) is 3.25. The molecule has 0 unspecified atom stereocenters. The number of Topliss-reactive ketones (excluding diaryl/α,β-unsaturated/α-hetero) is 1. The molecule has 5 nitrogen and oxygen atoms in total. The van der Waals surface area contributed by atoms with Crippen molar-refractivity contribution < 1.29 is 19.1 Å². The Hall–Kier alpha value is -2.47. The third kappa shape index (κ3) is 6.11. The predicted octanol–water partition coefficient (Wildman–Crippen LogP) is 4.21. The van der Waals surface area contributed by atoms with Gasteiger partial charge in [0.05, 0.1) is 6.42 Å². The third-order valence-electron chi connectivity index (χ3n) is 3.74. The summed E-state index contributed by atoms with van der Waals surface area (Å²) in [6.45, 7) is 3.48. The van der Waals surface area contributed by atoms with Crippen molar-refractivity contribution in [3.8, 4) is 0 Å². The van der Waals surface area contributed by atoms with Gasteiger partial charge in [-0.15, -0.1) is 0 Å². The van der Waals surface area contributed by atoms with Crippen molar-refractivity contribution in [1.82, 2.24) is 0 Å². The highest BCUT2D eigenvalue weighted by atomic mass is 79.9. The molecule has 0 fully saturated rings. The molecule has 0 aliphatic carbocycles. The van der Waals surface area contributed by atoms with E-state index in [0.717, 1.165) is 15.6 Å². The quantitative estimate of drug-likeness (QED) is 0.540. The average molecular weight is 418 g/mol. The van der Waals surface area contributed by atoms with Crippen LogP contribution in [0.2, 0.25) is 0 Å². The number of carbonyl (C=O) groups excluding carboxylic acids is 3. The van der Waals surface area contributed by atoms with Crippen molar-refractivity contribution in [1.29, 1.82) is 0 Å². The first-order chi connectivity index (χ1) is 12.3. The van der Waals surface area contributed by atoms with E-state index in [9.17, 15) is 14.4 Å². The SMILES string of the molecule is Cc1ccc(NC(=O)COC(=O)CCC(=O)c2ccc(Br)cc2)c(C)c1. The molecule has 1 amide bonds. The number of amides is 1. The number of hydrogen-bond donors (Lipinski definition) is 1. The lowest BCUT2D eigenvalue weighted by molar-refractivity contribution is -0.147. The third-order valence-corrected chi connectivity index (χ3v) is 4.27. The minimum absolute atomic E-state index is 0.0408. The lowest BCUT2D eigenvalue weighted by Gasteiger charge is -2.09. The van der Waals surface area contributed by atoms with Crippen LogP contribution in [0.4, 0.5) is 5.69 Å². The molecule has 0 heterocycles. The monoisotopic (exact) mass is 417 g/mol. The van der Waals surface area contributed by atoms with Crippen LogP contribution in [0.1, 0.15) is 34.3 Å². The molecule has 1 N–H and O–H groups in total. The van der Waals surface area contributed by atoms with E-state index in [4.69, 9.17) is 4.74 Å². The number of ether oxygens (including phenoxy) is 1. The zero-order valence-corrected chi connectivity index (χ0v) is 16.3. The summed E-state index contributed by atoms with van der Waals surface area (Å²) < 4.78 is 5.81. The topological polar surface area (TPSA) is 72.5 Å². The van der Waals surface area contributed by atoms with Gasteiger partial charge in [0.2, 0.25) is 0 Å². The van der Waals surface area contributed by atoms with Gasteiger partial charge < -0.3 is 10.1 Å². The van der Waals surface area contributed by atoms with Gasteiger partial charge in [-0.2, -0.15) is 0 Å². The molecule has 0 saturated heterocycles. The fourth-order valence-electron chi connectivity index (χ4n) is 2.35. The van der Waals surface area contributed by atoms with E-state index >= 15 is 0 Å². The van der Waals surface area contributed by atoms with Crippen molar-refractivity contribution in [2.75, 3.05) is 11.9 Å². The number of hydrogen-bond acceptors (Lipinski definition) is 4. The fraction of sp³-hybridized carbons (Fsp3) is 0.250. The number of esters is 1. The van der Waals surface area contributed by atoms with Gasteiger partial charge in [-0.25, -0.2) is 0 Å². The molecule has 6 heteroatoms. The smallest absolute Gasteiger partial charge is 0.306 e. The Bertz CT molecular complexity index is 815. The molecule has 0 aromatic heterocycles. The predicted molar refractivity (Wildman–Crippen MR) is 103 cm³/mol. The zero-order chi connectivity index (χ0) is 19.1. The number of aryl methyl sites for hydroxylation is 2. The van der Waals surface area contributed by atoms with Crippen LogP contribution in [-0.2, 0) is 14.3 Å². The van der Waals surface area contributed by atoms with E-state index in [-0.39, 0.29) is 25.2 Å². The molecule has 0 aliphatic rings. The van der Waals surface area contributed by atoms with Crippen LogP contribution in [0.25, 0.3) is 0 Å². The van der Waals surface area contributed by atoms with Gasteiger partial charge >= 0.3 is 5.97 Å². The first kappa shape index (κ1) is 19.8. The lowest BCUT2D eigenvalue weighted by atomic mass is 10.1. The van der Waals surface area contributed by atoms with E-state index in [0.29, 0.717) is 11.3 Å². The second kappa shape index (κ2) is 9.29. The lowest BCUT2D eigenvalue weighted by Crippen LogP contribution is -2.21. The molecule has 0 spiro atoms. The highest BCUT2D eigenvalue weighted by Crippen LogP contribution is 2.16. The summed E-state index contributed by atoms with van der Waals surface area (Å²) in [5, 5.41) is 2.70. The summed E-state index contributed by atoms with van der Waals surface area (Å²) in [6, 6.07) is 12.6. The van der Waals surface area contributed by atoms with Gasteiger partial charge in [-0.3, -0.25) is 14.4 Å². The second-order valence-electron chi connectivity index (χ2n) is 5.96. The summed E-state index contributed by atoms with van der Waals surface area (Å²) >= 11 is 3.30. The summed E-state index contributed by atoms with van der Waals surface area (Å²) in [4.78, 5) is 35.6. The molecule has 0 radical (unpaired) electrons. The number of benzene rings is 2. The number of rotatable bonds is 7. The van der Waals surface area contributed by atoms with Crippen LogP contribution >= 0.6 is 15.9 Å². The minimum Gasteiger partial charge on any atom is -0.456 e. The first-order valence-electron chi connectivity index (χ1n) is 8.16. The Kier molecular flexibility index (Phi) is 7.09. The van der Waals surface area contributed by atoms with Crippen LogP contribution in [-0.4, -0.2) is 24.3 Å². The molecule has 136 valence electrons. The van der Waals surface area contributed by atoms with Crippen LogP contribution in [0.3, 0.4) is 0 Å². The molecule has 2 rings (SSSR count). The van der Waals surface area contributed by atoms with Gasteiger partial charge in [0.1, 0.15) is 0 Å². The number of carbonyl (C=O) groups is 3. The van der Waals surface area contributed by atoms with E-state index in [1.54, 1.807) is 30.3 Å². The summed E-state index contributed by atoms with van der Waals surface area (Å²) in [6.07, 6.45) is -0.0229. The van der Waals surface area contributed by atoms with Crippen molar-refractivity contribution in [2.24, 2.45) is 0 Å². The molecule has 2 aromatic rings. The number of ketones is 1. The molecular formula is C20H20BrNO4. The Morgan fingerprint density at radius 2 is 1.69 bits per heavy atom. The normalized spacial score (nSPS) is 10.3. The molecule has 0 atom stereocenters. The van der Waals surface area contributed by atoms with E-state index in [2.05, 4.69) is 21.2 Å². The van der Waals surface area contributed by atoms with Gasteiger partial charge in [-0.05, 0) is 37.6 Å². The Balaban J connectivity index is 1.74. The van der Waals surface area contributed by atoms with Crippen molar-refractivity contribution >= 4 is 39.3 Å². The number of nitrogens with one attached hydrogen (secondary N) is 1. The molecule has 2 aromatic carbocycles. The molecule has 0 bridgehead atoms. The molecule has 0 saturated carbocycles. The Labute approximate surface area is 160 Å². The van der Waals surface area contributed by atoms with E-state index in [1.807, 2.05) is 26.0 Å². The largest absolute Gasteiger partial charge is 0.456 e. The maximum Gasteiger partial charge on any atom is 0.306 e. The maximum absolute atomic E-state index is 12.0. The Morgan fingerprint density at radius 1 is 1.00 bits per heavy atom. The highest BCUT2D eigenvalue weighted by molar-refractivity contribution is 9.10. The van der Waals surface area contributed by atoms with Crippen molar-refractivity contribution in [3.05, 3.63) is 63.6 Å². The van der Waals surface area contributed by atoms with Crippen LogP contribution in [0.5, 0.6) is 0 Å². The van der Waals surface area contributed by atoms with E-state index < -0.39 is 11.9 Å². The van der Waals surface area contributed by atoms with Gasteiger partial charge in [0.15, 0.2) is 12.4 Å². The second-order valence-corrected chi connectivity index (χ2v) is 6.87. The fourth-order valence-corrected chi connectivity index (χ4v) is 2.62. The van der Waals surface area contributed by atoms with Crippen molar-refractivity contribution in [2.45, 2.75) is 26.7 Å². The standard InChI is InChI=1S/C20H20BrNO4/c1-13-3-8-17(14(2)11-13)22-19(24)12-26-20(25)10-9-18(23)15-4-6-16(21)7-5-15/h3-8,11H,9-10,12H2,1-2H3,(H,22,24). The van der Waals surface area contributed by atoms with Crippen LogP contribution in [0.15, 0.2) is 46.9 Å². The van der Waals surface area contributed by atoms with Crippen molar-refractivity contribution in [3.63, 3.8) is 0 Å². The van der Waals surface area contributed by atoms with E-state index in [1.165, 1.54) is 0 Å². The van der Waals surface area contributed by atoms with Gasteiger partial charge in [0, 0.05) is 22.1 Å². The highest BCUT2D eigenvalue weighted by Gasteiger charge is 2.12. The summed E-state index contributed by atoms with van der Waals surface area (Å²) in [7, 11) is 0. The van der Waals surface area contributed by atoms with Gasteiger partial charge in [0.25, 0.3) is 5.91 Å². The zero-order valence-electron chi connectivity index (χ0n) is 14.7. The molecule has 26 heavy (non-hydrogen) atoms. The molecule has 0 aliphatic heterocycles. The minimum atomic E-state index is -0.578. The van der Waals surface area contributed by atoms with Gasteiger partial charge in [-0.1, -0.05) is 45.8 Å². The maximum atomic E-state index is 12.0. The average Bonchev–Trinajstić information content (AvgIpc) is 2.61.